The van der Waals surface area contributed by atoms with Gasteiger partial charge in [0.15, 0.2) is 0 Å². The molecule has 0 aliphatic rings. The maximum absolute atomic E-state index is 3.02. The van der Waals surface area contributed by atoms with E-state index in [0.29, 0.717) is 0 Å². The van der Waals surface area contributed by atoms with E-state index in [4.69, 9.17) is 0 Å². The zero-order valence-electron chi connectivity index (χ0n) is 6.27. The summed E-state index contributed by atoms with van der Waals surface area (Å²) in [7, 11) is 0. The van der Waals surface area contributed by atoms with E-state index >= 15 is 0 Å². The van der Waals surface area contributed by atoms with E-state index < -0.39 is 0 Å². The lowest BCUT2D eigenvalue weighted by Crippen LogP contribution is -1.67. The van der Waals surface area contributed by atoms with E-state index in [9.17, 15) is 0 Å². The van der Waals surface area contributed by atoms with Crippen LogP contribution in [0.1, 0.15) is 24.3 Å². The molecule has 0 aliphatic heterocycles. The zero-order valence-corrected chi connectivity index (χ0v) is 7.09. The highest BCUT2D eigenvalue weighted by atomic mass is 32.1. The second-order valence-corrected chi connectivity index (χ2v) is 3.03. The van der Waals surface area contributed by atoms with Gasteiger partial charge in [0, 0.05) is 15.8 Å². The first kappa shape index (κ1) is 7.37. The van der Waals surface area contributed by atoms with Crippen molar-refractivity contribution in [3.05, 3.63) is 21.9 Å². The summed E-state index contributed by atoms with van der Waals surface area (Å²) < 4.78 is 0. The molecule has 0 unspecified atom stereocenters. The van der Waals surface area contributed by atoms with Crippen molar-refractivity contribution in [2.75, 3.05) is 0 Å². The van der Waals surface area contributed by atoms with Crippen LogP contribution in [0.3, 0.4) is 0 Å². The van der Waals surface area contributed by atoms with Gasteiger partial charge in [0.1, 0.15) is 0 Å². The van der Waals surface area contributed by atoms with Crippen LogP contribution in [-0.4, -0.2) is 0 Å². The molecule has 0 atom stereocenters. The summed E-state index contributed by atoms with van der Waals surface area (Å²) in [5.74, 6) is 5.90. The van der Waals surface area contributed by atoms with Gasteiger partial charge in [0.25, 0.3) is 0 Å². The standard InChI is InChI=1S/C9H10S/c1-3-5-8-6-9(4-2)10-7-8/h6-7H,4H2,1-2H3. The van der Waals surface area contributed by atoms with E-state index in [1.807, 2.05) is 6.92 Å². The minimum Gasteiger partial charge on any atom is -0.148 e. The number of rotatable bonds is 1. The Morgan fingerprint density at radius 3 is 2.90 bits per heavy atom. The second kappa shape index (κ2) is 3.43. The van der Waals surface area contributed by atoms with E-state index in [-0.39, 0.29) is 0 Å². The molecular weight excluding hydrogens is 140 g/mol. The molecule has 0 aliphatic carbocycles. The van der Waals surface area contributed by atoms with Gasteiger partial charge in [-0.3, -0.25) is 0 Å². The van der Waals surface area contributed by atoms with E-state index in [2.05, 4.69) is 30.2 Å². The summed E-state index contributed by atoms with van der Waals surface area (Å²) >= 11 is 1.79. The Morgan fingerprint density at radius 2 is 2.40 bits per heavy atom. The lowest BCUT2D eigenvalue weighted by atomic mass is 10.3. The first-order valence-electron chi connectivity index (χ1n) is 3.37. The van der Waals surface area contributed by atoms with Crippen LogP contribution in [0, 0.1) is 11.8 Å². The van der Waals surface area contributed by atoms with Crippen molar-refractivity contribution in [3.63, 3.8) is 0 Å². The SMILES string of the molecule is CC#Cc1csc(CC)c1. The molecule has 0 bridgehead atoms. The largest absolute Gasteiger partial charge is 0.148 e. The molecule has 0 saturated heterocycles. The fourth-order valence-electron chi connectivity index (χ4n) is 0.776. The first-order valence-corrected chi connectivity index (χ1v) is 4.25. The minimum atomic E-state index is 1.12. The predicted octanol–water partition coefficient (Wildman–Crippen LogP) is 2.68. The van der Waals surface area contributed by atoms with Crippen molar-refractivity contribution >= 4 is 11.3 Å². The van der Waals surface area contributed by atoms with Gasteiger partial charge in [-0.05, 0) is 19.4 Å². The smallest absolute Gasteiger partial charge is 0.0354 e. The maximum atomic E-state index is 3.02. The lowest BCUT2D eigenvalue weighted by molar-refractivity contribution is 1.19. The van der Waals surface area contributed by atoms with Crippen LogP contribution in [0.4, 0.5) is 0 Å². The Kier molecular flexibility index (Phi) is 2.53. The summed E-state index contributed by atoms with van der Waals surface area (Å²) in [6.45, 7) is 4.03. The zero-order chi connectivity index (χ0) is 7.40. The van der Waals surface area contributed by atoms with Gasteiger partial charge in [0.2, 0.25) is 0 Å². The van der Waals surface area contributed by atoms with Gasteiger partial charge in [-0.15, -0.1) is 17.3 Å². The molecule has 0 aromatic carbocycles. The van der Waals surface area contributed by atoms with Crippen molar-refractivity contribution in [2.24, 2.45) is 0 Å². The quantitative estimate of drug-likeness (QED) is 0.540. The van der Waals surface area contributed by atoms with Crippen LogP contribution in [0.5, 0.6) is 0 Å². The molecular formula is C9H10S. The molecule has 1 heteroatoms. The topological polar surface area (TPSA) is 0 Å². The Hall–Kier alpha value is -0.740. The molecule has 52 valence electrons. The van der Waals surface area contributed by atoms with Crippen LogP contribution in [-0.2, 0) is 6.42 Å². The molecule has 1 heterocycles. The fourth-order valence-corrected chi connectivity index (χ4v) is 1.54. The number of thiophene rings is 1. The van der Waals surface area contributed by atoms with Crippen molar-refractivity contribution in [1.29, 1.82) is 0 Å². The van der Waals surface area contributed by atoms with Gasteiger partial charge in [0.05, 0.1) is 0 Å². The molecule has 0 nitrogen and oxygen atoms in total. The van der Waals surface area contributed by atoms with Crippen molar-refractivity contribution in [2.45, 2.75) is 20.3 Å². The van der Waals surface area contributed by atoms with E-state index in [1.165, 1.54) is 4.88 Å². The molecule has 0 saturated carbocycles. The van der Waals surface area contributed by atoms with Gasteiger partial charge in [-0.1, -0.05) is 12.8 Å². The fraction of sp³-hybridized carbons (Fsp3) is 0.333. The summed E-state index contributed by atoms with van der Waals surface area (Å²) in [6, 6.07) is 2.15. The summed E-state index contributed by atoms with van der Waals surface area (Å²) in [5.41, 5.74) is 1.16. The Labute approximate surface area is 65.9 Å². The van der Waals surface area contributed by atoms with Crippen molar-refractivity contribution in [3.8, 4) is 11.8 Å². The van der Waals surface area contributed by atoms with Crippen LogP contribution in [0.15, 0.2) is 11.4 Å². The lowest BCUT2D eigenvalue weighted by Gasteiger charge is -1.80. The Bertz CT molecular complexity index is 260. The molecule has 1 aromatic rings. The minimum absolute atomic E-state index is 1.12. The monoisotopic (exact) mass is 150 g/mol. The van der Waals surface area contributed by atoms with Gasteiger partial charge >= 0.3 is 0 Å². The van der Waals surface area contributed by atoms with Gasteiger partial charge < -0.3 is 0 Å². The molecule has 1 aromatic heterocycles. The summed E-state index contributed by atoms with van der Waals surface area (Å²) in [4.78, 5) is 1.41. The normalized spacial score (nSPS) is 8.60. The number of hydrogen-bond acceptors (Lipinski definition) is 1. The highest BCUT2D eigenvalue weighted by Gasteiger charge is 1.92. The molecule has 0 spiro atoms. The molecule has 0 radical (unpaired) electrons. The van der Waals surface area contributed by atoms with Crippen LogP contribution >= 0.6 is 11.3 Å². The summed E-state index contributed by atoms with van der Waals surface area (Å²) in [5, 5.41) is 2.11. The number of aryl methyl sites for hydroxylation is 1. The van der Waals surface area contributed by atoms with Crippen molar-refractivity contribution < 1.29 is 0 Å². The van der Waals surface area contributed by atoms with Crippen molar-refractivity contribution in [1.82, 2.24) is 0 Å². The predicted molar refractivity (Wildman–Crippen MR) is 46.2 cm³/mol. The van der Waals surface area contributed by atoms with E-state index in [1.54, 1.807) is 11.3 Å². The molecule has 1 rings (SSSR count). The molecule has 10 heavy (non-hydrogen) atoms. The van der Waals surface area contributed by atoms with Crippen LogP contribution < -0.4 is 0 Å². The first-order chi connectivity index (χ1) is 4.86. The highest BCUT2D eigenvalue weighted by molar-refractivity contribution is 7.10. The molecule has 0 N–H and O–H groups in total. The van der Waals surface area contributed by atoms with Crippen LogP contribution in [0.25, 0.3) is 0 Å². The Balaban J connectivity index is 2.84. The Morgan fingerprint density at radius 1 is 1.60 bits per heavy atom. The summed E-state index contributed by atoms with van der Waals surface area (Å²) in [6.07, 6.45) is 1.12. The maximum Gasteiger partial charge on any atom is 0.0354 e. The van der Waals surface area contributed by atoms with Crippen LogP contribution in [0.2, 0.25) is 0 Å². The van der Waals surface area contributed by atoms with Gasteiger partial charge in [-0.2, -0.15) is 0 Å². The average Bonchev–Trinajstić information content (AvgIpc) is 2.37. The van der Waals surface area contributed by atoms with Gasteiger partial charge in [-0.25, -0.2) is 0 Å². The number of hydrogen-bond donors (Lipinski definition) is 0. The third-order valence-electron chi connectivity index (χ3n) is 1.27. The third-order valence-corrected chi connectivity index (χ3v) is 2.35. The third kappa shape index (κ3) is 1.62. The highest BCUT2D eigenvalue weighted by Crippen LogP contribution is 2.13. The second-order valence-electron chi connectivity index (χ2n) is 2.03. The average molecular weight is 150 g/mol. The molecule has 0 amide bonds. The van der Waals surface area contributed by atoms with E-state index in [0.717, 1.165) is 12.0 Å². The molecule has 0 fully saturated rings.